The van der Waals surface area contributed by atoms with Gasteiger partial charge in [-0.15, -0.1) is 0 Å². The largest absolute Gasteiger partial charge is 0.350 e. The number of nitrogens with one attached hydrogen (secondary N) is 3. The minimum Gasteiger partial charge on any atom is -0.350 e. The van der Waals surface area contributed by atoms with Crippen molar-refractivity contribution >= 4 is 23.9 Å². The number of likely N-dealkylation sites (N-methyl/N-ethyl adjacent to an activating group) is 1. The summed E-state index contributed by atoms with van der Waals surface area (Å²) in [5, 5.41) is 9.25. The number of amides is 2. The van der Waals surface area contributed by atoms with Crippen LogP contribution in [0.3, 0.4) is 0 Å². The second kappa shape index (κ2) is 23.9. The molecular formula is C33H59N5O4. The van der Waals surface area contributed by atoms with Gasteiger partial charge in [0.25, 0.3) is 0 Å². The van der Waals surface area contributed by atoms with Gasteiger partial charge in [0, 0.05) is 20.0 Å². The second-order valence-corrected chi connectivity index (χ2v) is 10.8. The highest BCUT2D eigenvalue weighted by atomic mass is 16.2. The van der Waals surface area contributed by atoms with Gasteiger partial charge in [-0.2, -0.15) is 0 Å². The molecule has 0 aromatic heterocycles. The number of unbranched alkanes of at least 4 members (excludes halogenated alkanes) is 1. The SMILES string of the molecule is CC(=O)NC1CCCc2ccccc21.CC=O.CCCC[C@@H](CC)C(NCC(=O)C(C)NC)C(=O)N1CCCC1.CN. The smallest absolute Gasteiger partial charge is 0.240 e. The molecule has 5 N–H and O–H groups in total. The fourth-order valence-electron chi connectivity index (χ4n) is 5.34. The van der Waals surface area contributed by atoms with Crippen molar-refractivity contribution in [3.63, 3.8) is 0 Å². The Hall–Kier alpha value is -2.62. The predicted molar refractivity (Wildman–Crippen MR) is 172 cm³/mol. The maximum atomic E-state index is 12.9. The van der Waals surface area contributed by atoms with Crippen LogP contribution in [0.15, 0.2) is 24.3 Å². The van der Waals surface area contributed by atoms with Gasteiger partial charge in [-0.3, -0.25) is 19.7 Å². The van der Waals surface area contributed by atoms with E-state index in [2.05, 4.69) is 53.7 Å². The van der Waals surface area contributed by atoms with Crippen LogP contribution >= 0.6 is 0 Å². The molecule has 1 saturated heterocycles. The zero-order valence-corrected chi connectivity index (χ0v) is 27.3. The van der Waals surface area contributed by atoms with E-state index in [1.54, 1.807) is 14.0 Å². The average Bonchev–Trinajstić information content (AvgIpc) is 3.55. The number of fused-ring (bicyclic) bond motifs is 1. The minimum atomic E-state index is -0.224. The summed E-state index contributed by atoms with van der Waals surface area (Å²) >= 11 is 0. The first-order chi connectivity index (χ1) is 20.2. The van der Waals surface area contributed by atoms with Crippen molar-refractivity contribution in [1.29, 1.82) is 0 Å². The number of hydrogen-bond donors (Lipinski definition) is 4. The number of aryl methyl sites for hydroxylation is 1. The van der Waals surface area contributed by atoms with Crippen LogP contribution in [0.2, 0.25) is 0 Å². The Bertz CT molecular complexity index is 904. The molecule has 1 heterocycles. The molecule has 0 radical (unpaired) electrons. The number of ketones is 1. The number of carbonyl (C=O) groups is 4. The molecule has 1 aliphatic carbocycles. The Morgan fingerprint density at radius 2 is 1.71 bits per heavy atom. The zero-order chi connectivity index (χ0) is 31.9. The van der Waals surface area contributed by atoms with Crippen molar-refractivity contribution in [2.24, 2.45) is 11.7 Å². The molecule has 0 saturated carbocycles. The fraction of sp³-hybridized carbons (Fsp3) is 0.697. The number of nitrogens with zero attached hydrogens (tertiary/aromatic N) is 1. The lowest BCUT2D eigenvalue weighted by molar-refractivity contribution is -0.134. The molecule has 0 bridgehead atoms. The Kier molecular flexibility index (Phi) is 22.4. The summed E-state index contributed by atoms with van der Waals surface area (Å²) in [7, 11) is 3.28. The number of hydrogen-bond acceptors (Lipinski definition) is 7. The number of carbonyl (C=O) groups excluding carboxylic acids is 4. The molecule has 4 atom stereocenters. The van der Waals surface area contributed by atoms with E-state index in [1.165, 1.54) is 31.5 Å². The van der Waals surface area contributed by atoms with Crippen molar-refractivity contribution in [1.82, 2.24) is 20.9 Å². The lowest BCUT2D eigenvalue weighted by atomic mass is 9.88. The Morgan fingerprint density at radius 1 is 1.10 bits per heavy atom. The van der Waals surface area contributed by atoms with Crippen molar-refractivity contribution < 1.29 is 19.2 Å². The van der Waals surface area contributed by atoms with Gasteiger partial charge in [-0.1, -0.05) is 57.4 Å². The van der Waals surface area contributed by atoms with Gasteiger partial charge in [0.15, 0.2) is 5.78 Å². The Balaban J connectivity index is 0.000000747. The van der Waals surface area contributed by atoms with Gasteiger partial charge in [0.05, 0.1) is 24.7 Å². The third-order valence-electron chi connectivity index (χ3n) is 7.77. The van der Waals surface area contributed by atoms with Crippen LogP contribution in [0, 0.1) is 5.92 Å². The lowest BCUT2D eigenvalue weighted by Crippen LogP contribution is -2.52. The van der Waals surface area contributed by atoms with Crippen LogP contribution in [0.25, 0.3) is 0 Å². The maximum Gasteiger partial charge on any atom is 0.240 e. The summed E-state index contributed by atoms with van der Waals surface area (Å²) in [6, 6.07) is 8.21. The summed E-state index contributed by atoms with van der Waals surface area (Å²) in [4.78, 5) is 46.8. The van der Waals surface area contributed by atoms with Crippen LogP contribution in [-0.4, -0.2) is 74.6 Å². The van der Waals surface area contributed by atoms with Gasteiger partial charge in [-0.05, 0) is 83.5 Å². The average molecular weight is 590 g/mol. The number of rotatable bonds is 12. The van der Waals surface area contributed by atoms with E-state index in [4.69, 9.17) is 4.79 Å². The number of aldehydes is 1. The van der Waals surface area contributed by atoms with E-state index < -0.39 is 0 Å². The van der Waals surface area contributed by atoms with E-state index >= 15 is 0 Å². The number of benzene rings is 1. The van der Waals surface area contributed by atoms with E-state index in [0.717, 1.165) is 70.7 Å². The van der Waals surface area contributed by atoms with Crippen LogP contribution in [-0.2, 0) is 25.6 Å². The number of Topliss-reactive ketones (excluding diaryl/α,β-unsaturated/α-hetero) is 1. The third kappa shape index (κ3) is 14.5. The Labute approximate surface area is 255 Å². The molecule has 9 heteroatoms. The van der Waals surface area contributed by atoms with E-state index in [9.17, 15) is 14.4 Å². The molecule has 2 amide bonds. The number of likely N-dealkylation sites (tertiary alicyclic amines) is 1. The monoisotopic (exact) mass is 589 g/mol. The van der Waals surface area contributed by atoms with Gasteiger partial charge in [-0.25, -0.2) is 0 Å². The molecular weight excluding hydrogens is 530 g/mol. The van der Waals surface area contributed by atoms with Crippen molar-refractivity contribution in [3.05, 3.63) is 35.4 Å². The Morgan fingerprint density at radius 3 is 2.26 bits per heavy atom. The van der Waals surface area contributed by atoms with Crippen LogP contribution in [0.1, 0.15) is 103 Å². The quantitative estimate of drug-likeness (QED) is 0.271. The highest BCUT2D eigenvalue weighted by Crippen LogP contribution is 2.29. The van der Waals surface area contributed by atoms with Crippen LogP contribution in [0.5, 0.6) is 0 Å². The first kappa shape index (κ1) is 39.4. The molecule has 2 aliphatic rings. The molecule has 0 spiro atoms. The van der Waals surface area contributed by atoms with Gasteiger partial charge in [0.1, 0.15) is 6.29 Å². The van der Waals surface area contributed by atoms with Crippen molar-refractivity contribution in [2.75, 3.05) is 33.7 Å². The normalized spacial score (nSPS) is 17.3. The maximum absolute atomic E-state index is 12.9. The predicted octanol–water partition coefficient (Wildman–Crippen LogP) is 3.94. The van der Waals surface area contributed by atoms with E-state index in [-0.39, 0.29) is 42.3 Å². The van der Waals surface area contributed by atoms with Gasteiger partial charge >= 0.3 is 0 Å². The first-order valence-electron chi connectivity index (χ1n) is 15.8. The molecule has 42 heavy (non-hydrogen) atoms. The lowest BCUT2D eigenvalue weighted by Gasteiger charge is -2.30. The van der Waals surface area contributed by atoms with Crippen LogP contribution < -0.4 is 21.7 Å². The van der Waals surface area contributed by atoms with E-state index in [1.807, 2.05) is 17.9 Å². The number of nitrogens with two attached hydrogens (primary N) is 1. The summed E-state index contributed by atoms with van der Waals surface area (Å²) in [6.45, 7) is 11.2. The molecule has 3 unspecified atom stereocenters. The minimum absolute atomic E-state index is 0.0618. The highest BCUT2D eigenvalue weighted by Gasteiger charge is 2.32. The topological polar surface area (TPSA) is 134 Å². The molecule has 1 fully saturated rings. The molecule has 3 rings (SSSR count). The molecule has 1 aromatic carbocycles. The first-order valence-corrected chi connectivity index (χ1v) is 15.8. The molecule has 9 nitrogen and oxygen atoms in total. The summed E-state index contributed by atoms with van der Waals surface area (Å²) < 4.78 is 0. The third-order valence-corrected chi connectivity index (χ3v) is 7.77. The van der Waals surface area contributed by atoms with E-state index in [0.29, 0.717) is 5.92 Å². The second-order valence-electron chi connectivity index (χ2n) is 10.8. The van der Waals surface area contributed by atoms with Crippen molar-refractivity contribution in [2.45, 2.75) is 111 Å². The molecule has 1 aliphatic heterocycles. The van der Waals surface area contributed by atoms with Gasteiger partial charge < -0.3 is 26.1 Å². The zero-order valence-electron chi connectivity index (χ0n) is 27.3. The van der Waals surface area contributed by atoms with Crippen molar-refractivity contribution in [3.8, 4) is 0 Å². The van der Waals surface area contributed by atoms with Crippen LogP contribution in [0.4, 0.5) is 0 Å². The highest BCUT2D eigenvalue weighted by molar-refractivity contribution is 5.87. The summed E-state index contributed by atoms with van der Waals surface area (Å²) in [5.74, 6) is 0.667. The summed E-state index contributed by atoms with van der Waals surface area (Å²) in [6.07, 6.45) is 10.6. The fourth-order valence-corrected chi connectivity index (χ4v) is 5.34. The molecule has 1 aromatic rings. The molecule has 240 valence electrons. The van der Waals surface area contributed by atoms with Gasteiger partial charge in [0.2, 0.25) is 11.8 Å². The summed E-state index contributed by atoms with van der Waals surface area (Å²) in [5.41, 5.74) is 7.19. The standard InChI is InChI=1S/C18H35N3O2.C12H15NO.C2H4O.CH5N/c1-5-7-10-15(6-2)17(18(23)21-11-8-9-12-21)20-13-16(22)14(3)19-4;1-9(14)13-12-8-4-6-10-5-2-3-7-11(10)12;1-2-3;1-2/h14-15,17,19-20H,5-13H2,1-4H3;2-3,5,7,12H,4,6,8H2,1H3,(H,13,14);2H,1H3;2H2,1H3/t14?,15-,17?;;;/m1.../s1.